The minimum atomic E-state index is -0.190. The van der Waals surface area contributed by atoms with Gasteiger partial charge in [-0.3, -0.25) is 4.79 Å². The fraction of sp³-hybridized carbons (Fsp3) is 0.0714. The van der Waals surface area contributed by atoms with E-state index in [0.717, 1.165) is 20.3 Å². The number of carbonyl (C=O) groups excluding carboxylic acids is 1. The summed E-state index contributed by atoms with van der Waals surface area (Å²) in [7, 11) is 0. The third-order valence-electron chi connectivity index (χ3n) is 2.71. The molecular formula is C14H14IN2O2+. The summed E-state index contributed by atoms with van der Waals surface area (Å²) in [6, 6.07) is 12.6. The lowest BCUT2D eigenvalue weighted by Gasteiger charge is -2.07. The largest absolute Gasteiger partial charge is 0.322 e. The van der Waals surface area contributed by atoms with E-state index in [9.17, 15) is 4.79 Å². The molecule has 2 aromatic rings. The number of carbonyl (C=O) groups is 1. The Morgan fingerprint density at radius 1 is 1.26 bits per heavy atom. The van der Waals surface area contributed by atoms with Crippen molar-refractivity contribution >= 4 is 39.9 Å². The molecule has 0 aliphatic carbocycles. The number of aryl methyl sites for hydroxylation is 1. The average Bonchev–Trinajstić information content (AvgIpc) is 2.43. The Morgan fingerprint density at radius 3 is 2.74 bits per heavy atom. The lowest BCUT2D eigenvalue weighted by Crippen LogP contribution is -2.73. The molecule has 0 bridgehead atoms. The van der Waals surface area contributed by atoms with Crippen molar-refractivity contribution < 1.29 is 15.5 Å². The number of nitrogens with two attached hydrogens (primary N) is 1. The van der Waals surface area contributed by atoms with Gasteiger partial charge in [-0.25, -0.2) is 5.21 Å². The van der Waals surface area contributed by atoms with Crippen LogP contribution in [-0.2, 0) is 0 Å². The Bertz CT molecular complexity index is 614. The van der Waals surface area contributed by atoms with Gasteiger partial charge in [-0.05, 0) is 59.3 Å². The molecular weight excluding hydrogens is 355 g/mol. The second kappa shape index (κ2) is 6.14. The summed E-state index contributed by atoms with van der Waals surface area (Å²) < 4.78 is 1.16. The Labute approximate surface area is 124 Å². The second-order valence-electron chi connectivity index (χ2n) is 4.17. The zero-order valence-electron chi connectivity index (χ0n) is 10.4. The summed E-state index contributed by atoms with van der Waals surface area (Å²) in [6.45, 7) is 2.00. The Hall–Kier alpha value is -1.44. The van der Waals surface area contributed by atoms with Crippen LogP contribution in [0.3, 0.4) is 0 Å². The molecule has 0 aliphatic heterocycles. The zero-order valence-corrected chi connectivity index (χ0v) is 12.5. The molecule has 0 unspecified atom stereocenters. The number of nitrogens with one attached hydrogen (secondary N) is 1. The molecule has 1 amide bonds. The first-order valence-electron chi connectivity index (χ1n) is 5.75. The van der Waals surface area contributed by atoms with Crippen LogP contribution in [0.15, 0.2) is 42.5 Å². The van der Waals surface area contributed by atoms with Gasteiger partial charge >= 0.3 is 0 Å². The van der Waals surface area contributed by atoms with Crippen molar-refractivity contribution in [2.75, 3.05) is 5.32 Å². The van der Waals surface area contributed by atoms with E-state index in [4.69, 9.17) is 5.21 Å². The summed E-state index contributed by atoms with van der Waals surface area (Å²) in [5.41, 5.74) is 3.98. The summed E-state index contributed by atoms with van der Waals surface area (Å²) in [4.78, 5) is 12.1. The topological polar surface area (TPSA) is 65.9 Å². The lowest BCUT2D eigenvalue weighted by molar-refractivity contribution is -0.825. The Kier molecular flexibility index (Phi) is 4.52. The van der Waals surface area contributed by atoms with Gasteiger partial charge in [0.2, 0.25) is 0 Å². The molecule has 98 valence electrons. The van der Waals surface area contributed by atoms with Gasteiger partial charge in [0.1, 0.15) is 0 Å². The van der Waals surface area contributed by atoms with Crippen LogP contribution in [0.25, 0.3) is 0 Å². The predicted molar refractivity (Wildman–Crippen MR) is 81.7 cm³/mol. The predicted octanol–water partition coefficient (Wildman–Crippen LogP) is 2.44. The summed E-state index contributed by atoms with van der Waals surface area (Å²) in [5.74, 6) is -0.190. The van der Waals surface area contributed by atoms with Crippen molar-refractivity contribution in [3.63, 3.8) is 0 Å². The zero-order chi connectivity index (χ0) is 13.8. The molecule has 0 aliphatic rings. The van der Waals surface area contributed by atoms with E-state index in [1.165, 1.54) is 0 Å². The van der Waals surface area contributed by atoms with Crippen LogP contribution in [0.5, 0.6) is 0 Å². The smallest absolute Gasteiger partial charge is 0.255 e. The molecule has 0 saturated heterocycles. The van der Waals surface area contributed by atoms with E-state index in [0.29, 0.717) is 11.3 Å². The van der Waals surface area contributed by atoms with Crippen molar-refractivity contribution in [3.05, 3.63) is 57.2 Å². The molecule has 0 spiro atoms. The van der Waals surface area contributed by atoms with E-state index in [1.54, 1.807) is 24.3 Å². The number of anilines is 1. The minimum absolute atomic E-state index is 0.190. The van der Waals surface area contributed by atoms with Crippen LogP contribution in [0, 0.1) is 10.5 Å². The molecule has 0 fully saturated rings. The molecule has 2 aromatic carbocycles. The summed E-state index contributed by atoms with van der Waals surface area (Å²) in [5, 5.41) is 11.8. The van der Waals surface area contributed by atoms with E-state index >= 15 is 0 Å². The molecule has 0 atom stereocenters. The van der Waals surface area contributed by atoms with Crippen LogP contribution in [0.1, 0.15) is 15.9 Å². The first-order chi connectivity index (χ1) is 9.10. The van der Waals surface area contributed by atoms with Gasteiger partial charge in [-0.15, -0.1) is 0 Å². The standard InChI is InChI=1S/C14H13IN2O2/c1-9-7-11(5-6-13(9)15)16-14(18)10-3-2-4-12(8-10)17-19/h2-8,17,19H,1H3,(H,16,18)/p+1. The molecule has 19 heavy (non-hydrogen) atoms. The van der Waals surface area contributed by atoms with Crippen molar-refractivity contribution in [2.24, 2.45) is 0 Å². The monoisotopic (exact) mass is 369 g/mol. The van der Waals surface area contributed by atoms with Crippen molar-refractivity contribution in [2.45, 2.75) is 6.92 Å². The Balaban J connectivity index is 2.18. The average molecular weight is 369 g/mol. The number of quaternary nitrogens is 1. The van der Waals surface area contributed by atoms with Gasteiger partial charge in [0.15, 0.2) is 5.69 Å². The van der Waals surface area contributed by atoms with Gasteiger partial charge in [0.05, 0.1) is 0 Å². The van der Waals surface area contributed by atoms with E-state index in [2.05, 4.69) is 27.9 Å². The van der Waals surface area contributed by atoms with Crippen molar-refractivity contribution in [1.29, 1.82) is 0 Å². The maximum absolute atomic E-state index is 12.1. The minimum Gasteiger partial charge on any atom is -0.322 e. The van der Waals surface area contributed by atoms with Crippen LogP contribution >= 0.6 is 22.6 Å². The lowest BCUT2D eigenvalue weighted by atomic mass is 10.1. The van der Waals surface area contributed by atoms with E-state index < -0.39 is 0 Å². The molecule has 2 rings (SSSR count). The van der Waals surface area contributed by atoms with Crippen LogP contribution in [0.2, 0.25) is 0 Å². The normalized spacial score (nSPS) is 10.3. The van der Waals surface area contributed by atoms with Gasteiger partial charge in [-0.2, -0.15) is 5.48 Å². The summed E-state index contributed by atoms with van der Waals surface area (Å²) >= 11 is 2.25. The highest BCUT2D eigenvalue weighted by Gasteiger charge is 2.08. The molecule has 0 heterocycles. The SMILES string of the molecule is Cc1cc(NC(=O)c2cccc([NH2+]O)c2)ccc1I. The molecule has 4 nitrogen and oxygen atoms in total. The first kappa shape index (κ1) is 14.0. The van der Waals surface area contributed by atoms with Crippen molar-refractivity contribution in [1.82, 2.24) is 0 Å². The number of benzene rings is 2. The van der Waals surface area contributed by atoms with Crippen LogP contribution in [0.4, 0.5) is 11.4 Å². The quantitative estimate of drug-likeness (QED) is 0.442. The van der Waals surface area contributed by atoms with Gasteiger partial charge in [-0.1, -0.05) is 6.07 Å². The highest BCUT2D eigenvalue weighted by molar-refractivity contribution is 14.1. The van der Waals surface area contributed by atoms with Gasteiger partial charge in [0.25, 0.3) is 5.91 Å². The number of hydrogen-bond acceptors (Lipinski definition) is 2. The third kappa shape index (κ3) is 3.52. The highest BCUT2D eigenvalue weighted by Crippen LogP contribution is 2.17. The number of halogens is 1. The third-order valence-corrected chi connectivity index (χ3v) is 3.92. The van der Waals surface area contributed by atoms with E-state index in [1.807, 2.05) is 25.1 Å². The molecule has 0 aromatic heterocycles. The fourth-order valence-electron chi connectivity index (χ4n) is 1.69. The second-order valence-corrected chi connectivity index (χ2v) is 5.33. The first-order valence-corrected chi connectivity index (χ1v) is 6.83. The molecule has 5 heteroatoms. The van der Waals surface area contributed by atoms with Gasteiger partial charge < -0.3 is 5.32 Å². The van der Waals surface area contributed by atoms with Gasteiger partial charge in [0, 0.05) is 27.0 Å². The van der Waals surface area contributed by atoms with Crippen molar-refractivity contribution in [3.8, 4) is 0 Å². The maximum Gasteiger partial charge on any atom is 0.255 e. The highest BCUT2D eigenvalue weighted by atomic mass is 127. The number of amides is 1. The van der Waals surface area contributed by atoms with E-state index in [-0.39, 0.29) is 5.91 Å². The number of rotatable bonds is 3. The Morgan fingerprint density at radius 2 is 2.05 bits per heavy atom. The van der Waals surface area contributed by atoms with Crippen LogP contribution in [-0.4, -0.2) is 11.1 Å². The molecule has 4 N–H and O–H groups in total. The fourth-order valence-corrected chi connectivity index (χ4v) is 2.02. The van der Waals surface area contributed by atoms with Crippen LogP contribution < -0.4 is 10.8 Å². The summed E-state index contributed by atoms with van der Waals surface area (Å²) in [6.07, 6.45) is 0. The molecule has 0 saturated carbocycles. The number of hydrogen-bond donors (Lipinski definition) is 3. The molecule has 0 radical (unpaired) electrons. The maximum atomic E-state index is 12.1.